The van der Waals surface area contributed by atoms with Crippen molar-refractivity contribution in [2.75, 3.05) is 9.71 Å². The fraction of sp³-hybridized carbons (Fsp3) is 0.234. The highest BCUT2D eigenvalue weighted by Crippen LogP contribution is 2.56. The van der Waals surface area contributed by atoms with Crippen LogP contribution in [0.1, 0.15) is 76.6 Å². The lowest BCUT2D eigenvalue weighted by molar-refractivity contribution is 0.332. The summed E-state index contributed by atoms with van der Waals surface area (Å²) in [5.74, 6) is 0. The van der Waals surface area contributed by atoms with Crippen LogP contribution in [0.2, 0.25) is 0 Å². The lowest BCUT2D eigenvalue weighted by Crippen LogP contribution is -2.62. The molecular weight excluding hydrogens is 603 g/mol. The van der Waals surface area contributed by atoms with Gasteiger partial charge < -0.3 is 9.71 Å². The molecule has 0 unspecified atom stereocenters. The molecule has 0 spiro atoms. The monoisotopic (exact) mass is 646 g/mol. The third kappa shape index (κ3) is 3.92. The molecule has 0 fully saturated rings. The Balaban J connectivity index is 1.30. The topological polar surface area (TPSA) is 6.48 Å². The molecule has 0 radical (unpaired) electrons. The number of hydrogen-bond donors (Lipinski definition) is 0. The van der Waals surface area contributed by atoms with Gasteiger partial charge in [-0.1, -0.05) is 133 Å². The predicted molar refractivity (Wildman–Crippen MR) is 213 cm³/mol. The molecule has 0 N–H and O–H groups in total. The third-order valence-electron chi connectivity index (χ3n) is 12.7. The molecule has 6 aromatic carbocycles. The predicted octanol–water partition coefficient (Wildman–Crippen LogP) is 11.0. The minimum atomic E-state index is -0.128. The maximum absolute atomic E-state index is 2.69. The van der Waals surface area contributed by atoms with Gasteiger partial charge in [-0.05, 0) is 110 Å². The van der Waals surface area contributed by atoms with Gasteiger partial charge in [-0.25, -0.2) is 0 Å². The Hall–Kier alpha value is -5.02. The van der Waals surface area contributed by atoms with Crippen molar-refractivity contribution in [3.8, 4) is 22.3 Å². The lowest BCUT2D eigenvalue weighted by Gasteiger charge is -2.51. The van der Waals surface area contributed by atoms with Crippen molar-refractivity contribution in [1.82, 2.24) is 0 Å². The highest BCUT2D eigenvalue weighted by atomic mass is 15.2. The summed E-state index contributed by atoms with van der Waals surface area (Å²) in [4.78, 5) is 5.28. The van der Waals surface area contributed by atoms with Crippen molar-refractivity contribution in [3.05, 3.63) is 150 Å². The van der Waals surface area contributed by atoms with Gasteiger partial charge in [0.15, 0.2) is 0 Å². The van der Waals surface area contributed by atoms with Crippen LogP contribution in [0.5, 0.6) is 0 Å². The molecule has 3 aliphatic heterocycles. The summed E-state index contributed by atoms with van der Waals surface area (Å²) in [6.07, 6.45) is 2.39. The van der Waals surface area contributed by atoms with E-state index in [1.54, 1.807) is 0 Å². The summed E-state index contributed by atoms with van der Waals surface area (Å²) < 4.78 is 0. The standard InChI is InChI=1S/C47H43BN2/c1-45(2)26-27-46(3,4)38-29-42-34(28-37(38)45)33-16-12-21-41-43(33)48(50(42)32-24-22-31(23-25-32)30-14-8-7-9-15-30)39-19-13-18-36-44(39)49(41)40-20-11-10-17-35(40)47(36,5)6/h7-25,28-29H,26-27H2,1-6H3. The lowest BCUT2D eigenvalue weighted by atomic mass is 9.42. The number of rotatable bonds is 2. The second kappa shape index (κ2) is 10.0. The van der Waals surface area contributed by atoms with Gasteiger partial charge in [-0.15, -0.1) is 0 Å². The molecule has 6 aromatic rings. The maximum Gasteiger partial charge on any atom is 0.333 e. The Kier molecular flexibility index (Phi) is 5.99. The minimum absolute atomic E-state index is 0.0290. The molecule has 2 nitrogen and oxygen atoms in total. The molecule has 10 rings (SSSR count). The average Bonchev–Trinajstić information content (AvgIpc) is 3.13. The smallest absolute Gasteiger partial charge is 0.333 e. The fourth-order valence-corrected chi connectivity index (χ4v) is 9.83. The zero-order valence-electron chi connectivity index (χ0n) is 30.0. The summed E-state index contributed by atoms with van der Waals surface area (Å²) in [6.45, 7) is 14.6. The first kappa shape index (κ1) is 29.9. The summed E-state index contributed by atoms with van der Waals surface area (Å²) in [5, 5.41) is 0. The largest absolute Gasteiger partial charge is 0.376 e. The first-order valence-electron chi connectivity index (χ1n) is 18.4. The SMILES string of the molecule is CC1(C)CCC(C)(C)c2cc3c(cc21)-c1cccc2c1B(c1cccc4c1N2c1ccccc1C4(C)C)N3c1ccc(-c2ccccc2)cc1. The quantitative estimate of drug-likeness (QED) is 0.173. The molecule has 0 aromatic heterocycles. The van der Waals surface area contributed by atoms with Crippen molar-refractivity contribution in [2.24, 2.45) is 0 Å². The Morgan fingerprint density at radius 1 is 0.500 bits per heavy atom. The molecule has 244 valence electrons. The Bertz CT molecular complexity index is 2370. The zero-order valence-corrected chi connectivity index (χ0v) is 30.0. The van der Waals surface area contributed by atoms with Crippen molar-refractivity contribution in [3.63, 3.8) is 0 Å². The summed E-state index contributed by atoms with van der Waals surface area (Å²) in [7, 11) is 0. The molecule has 0 bridgehead atoms. The van der Waals surface area contributed by atoms with E-state index >= 15 is 0 Å². The molecule has 0 atom stereocenters. The molecule has 4 aliphatic rings. The summed E-state index contributed by atoms with van der Waals surface area (Å²) in [5.41, 5.74) is 20.3. The number of anilines is 5. The van der Waals surface area contributed by atoms with Crippen LogP contribution in [0.4, 0.5) is 28.4 Å². The Morgan fingerprint density at radius 3 is 1.88 bits per heavy atom. The highest BCUT2D eigenvalue weighted by molar-refractivity contribution is 6.93. The van der Waals surface area contributed by atoms with E-state index in [1.165, 1.54) is 96.7 Å². The minimum Gasteiger partial charge on any atom is -0.376 e. The van der Waals surface area contributed by atoms with Crippen molar-refractivity contribution >= 4 is 46.2 Å². The van der Waals surface area contributed by atoms with E-state index in [1.807, 2.05) is 0 Å². The van der Waals surface area contributed by atoms with Crippen LogP contribution in [-0.4, -0.2) is 6.85 Å². The van der Waals surface area contributed by atoms with Crippen LogP contribution in [0.15, 0.2) is 127 Å². The fourth-order valence-electron chi connectivity index (χ4n) is 9.83. The van der Waals surface area contributed by atoms with E-state index < -0.39 is 0 Å². The van der Waals surface area contributed by atoms with Gasteiger partial charge in [0.05, 0.1) is 5.69 Å². The number of para-hydroxylation sites is 2. The molecule has 0 saturated carbocycles. The van der Waals surface area contributed by atoms with Crippen LogP contribution in [-0.2, 0) is 16.2 Å². The van der Waals surface area contributed by atoms with Crippen molar-refractivity contribution in [1.29, 1.82) is 0 Å². The average molecular weight is 647 g/mol. The van der Waals surface area contributed by atoms with Gasteiger partial charge in [0.1, 0.15) is 0 Å². The van der Waals surface area contributed by atoms with Crippen molar-refractivity contribution in [2.45, 2.75) is 70.6 Å². The normalized spacial score (nSPS) is 18.0. The van der Waals surface area contributed by atoms with Crippen LogP contribution in [0.25, 0.3) is 22.3 Å². The second-order valence-corrected chi connectivity index (χ2v) is 16.8. The van der Waals surface area contributed by atoms with Gasteiger partial charge in [-0.3, -0.25) is 0 Å². The molecular formula is C47H43BN2. The second-order valence-electron chi connectivity index (χ2n) is 16.8. The van der Waals surface area contributed by atoms with E-state index in [9.17, 15) is 0 Å². The van der Waals surface area contributed by atoms with E-state index in [4.69, 9.17) is 0 Å². The van der Waals surface area contributed by atoms with Crippen LogP contribution >= 0.6 is 0 Å². The molecule has 3 heteroatoms. The van der Waals surface area contributed by atoms with E-state index in [0.29, 0.717) is 0 Å². The number of fused-ring (bicyclic) bond motifs is 7. The van der Waals surface area contributed by atoms with E-state index in [2.05, 4.69) is 179 Å². The van der Waals surface area contributed by atoms with Gasteiger partial charge in [-0.2, -0.15) is 0 Å². The number of benzene rings is 6. The first-order valence-corrected chi connectivity index (χ1v) is 18.4. The molecule has 0 saturated heterocycles. The number of nitrogens with zero attached hydrogens (tertiary/aromatic N) is 2. The zero-order chi connectivity index (χ0) is 34.2. The van der Waals surface area contributed by atoms with Crippen molar-refractivity contribution < 1.29 is 0 Å². The molecule has 3 heterocycles. The maximum atomic E-state index is 2.69. The Morgan fingerprint density at radius 2 is 1.12 bits per heavy atom. The molecule has 1 aliphatic carbocycles. The molecule has 0 amide bonds. The van der Waals surface area contributed by atoms with Gasteiger partial charge in [0, 0.05) is 33.7 Å². The van der Waals surface area contributed by atoms with Gasteiger partial charge >= 0.3 is 6.85 Å². The molecule has 50 heavy (non-hydrogen) atoms. The van der Waals surface area contributed by atoms with E-state index in [0.717, 1.165) is 0 Å². The highest BCUT2D eigenvalue weighted by Gasteiger charge is 2.50. The van der Waals surface area contributed by atoms with E-state index in [-0.39, 0.29) is 23.1 Å². The van der Waals surface area contributed by atoms with Crippen LogP contribution < -0.4 is 20.6 Å². The van der Waals surface area contributed by atoms with Crippen LogP contribution in [0.3, 0.4) is 0 Å². The third-order valence-corrected chi connectivity index (χ3v) is 12.7. The van der Waals surface area contributed by atoms with Gasteiger partial charge in [0.25, 0.3) is 0 Å². The Labute approximate surface area is 297 Å². The number of hydrogen-bond acceptors (Lipinski definition) is 2. The first-order chi connectivity index (χ1) is 24.1. The summed E-state index contributed by atoms with van der Waals surface area (Å²) >= 11 is 0. The van der Waals surface area contributed by atoms with Gasteiger partial charge in [0.2, 0.25) is 0 Å². The summed E-state index contributed by atoms with van der Waals surface area (Å²) in [6, 6.07) is 48.5. The van der Waals surface area contributed by atoms with Crippen LogP contribution in [0, 0.1) is 0 Å².